The van der Waals surface area contributed by atoms with Crippen LogP contribution in [-0.2, 0) is 17.0 Å². The van der Waals surface area contributed by atoms with Crippen LogP contribution < -0.4 is 5.69 Å². The van der Waals surface area contributed by atoms with Crippen LogP contribution in [0, 0.1) is 6.92 Å². The molecule has 1 fully saturated rings. The Morgan fingerprint density at radius 1 is 1.57 bits per heavy atom. The van der Waals surface area contributed by atoms with E-state index < -0.39 is 0 Å². The lowest BCUT2D eigenvalue weighted by atomic mass is 10.2. The third-order valence-corrected chi connectivity index (χ3v) is 4.58. The molecule has 0 spiro atoms. The Labute approximate surface area is 126 Å². The van der Waals surface area contributed by atoms with Crippen LogP contribution in [0.1, 0.15) is 24.1 Å². The molecule has 112 valence electrons. The van der Waals surface area contributed by atoms with Gasteiger partial charge in [0.25, 0.3) is 0 Å². The van der Waals surface area contributed by atoms with E-state index in [0.29, 0.717) is 17.5 Å². The summed E-state index contributed by atoms with van der Waals surface area (Å²) in [6, 6.07) is 3.96. The first-order chi connectivity index (χ1) is 10.2. The van der Waals surface area contributed by atoms with E-state index in [2.05, 4.69) is 15.2 Å². The second-order valence-electron chi connectivity index (χ2n) is 5.11. The Balaban J connectivity index is 1.71. The fourth-order valence-electron chi connectivity index (χ4n) is 2.37. The molecule has 0 radical (unpaired) electrons. The van der Waals surface area contributed by atoms with Gasteiger partial charge in [-0.3, -0.25) is 9.55 Å². The number of nitrogens with zero attached hydrogens (tertiary/aromatic N) is 3. The number of ether oxygens (including phenoxy) is 1. The summed E-state index contributed by atoms with van der Waals surface area (Å²) in [6.45, 7) is 3.39. The highest BCUT2D eigenvalue weighted by Crippen LogP contribution is 2.22. The minimum Gasteiger partial charge on any atom is -0.376 e. The Kier molecular flexibility index (Phi) is 4.40. The summed E-state index contributed by atoms with van der Waals surface area (Å²) in [5.41, 5.74) is 1.99. The van der Waals surface area contributed by atoms with Crippen LogP contribution in [0.15, 0.2) is 28.3 Å². The van der Waals surface area contributed by atoms with E-state index in [0.717, 1.165) is 30.7 Å². The molecule has 0 aromatic carbocycles. The first kappa shape index (κ1) is 14.3. The molecule has 2 aromatic rings. The van der Waals surface area contributed by atoms with E-state index in [1.54, 1.807) is 10.8 Å². The van der Waals surface area contributed by atoms with E-state index in [4.69, 9.17) is 4.74 Å². The number of rotatable bonds is 5. The molecule has 1 aliphatic heterocycles. The number of aromatic nitrogens is 4. The molecule has 0 unspecified atom stereocenters. The van der Waals surface area contributed by atoms with Crippen LogP contribution in [0.5, 0.6) is 0 Å². The highest BCUT2D eigenvalue weighted by molar-refractivity contribution is 7.98. The van der Waals surface area contributed by atoms with Crippen LogP contribution in [0.4, 0.5) is 0 Å². The second-order valence-corrected chi connectivity index (χ2v) is 6.06. The van der Waals surface area contributed by atoms with E-state index >= 15 is 0 Å². The number of H-pyrrole nitrogens is 1. The molecule has 7 heteroatoms. The van der Waals surface area contributed by atoms with Gasteiger partial charge in [-0.25, -0.2) is 9.89 Å². The predicted molar refractivity (Wildman–Crippen MR) is 80.4 cm³/mol. The number of nitrogens with one attached hydrogen (secondary N) is 1. The Hall–Kier alpha value is -1.60. The van der Waals surface area contributed by atoms with Crippen molar-refractivity contribution in [3.05, 3.63) is 40.1 Å². The van der Waals surface area contributed by atoms with E-state index in [9.17, 15) is 4.79 Å². The van der Waals surface area contributed by atoms with Gasteiger partial charge in [0.1, 0.15) is 0 Å². The van der Waals surface area contributed by atoms with Crippen molar-refractivity contribution in [3.8, 4) is 0 Å². The van der Waals surface area contributed by atoms with Crippen molar-refractivity contribution in [1.29, 1.82) is 0 Å². The summed E-state index contributed by atoms with van der Waals surface area (Å²) in [4.78, 5) is 16.2. The normalized spacial score (nSPS) is 18.2. The topological polar surface area (TPSA) is 72.8 Å². The van der Waals surface area contributed by atoms with Crippen LogP contribution in [0.2, 0.25) is 0 Å². The summed E-state index contributed by atoms with van der Waals surface area (Å²) in [5.74, 6) is 0.697. The lowest BCUT2D eigenvalue weighted by Crippen LogP contribution is -2.25. The van der Waals surface area contributed by atoms with Crippen LogP contribution in [0.3, 0.4) is 0 Å². The minimum absolute atomic E-state index is 0.122. The predicted octanol–water partition coefficient (Wildman–Crippen LogP) is 1.75. The Morgan fingerprint density at radius 3 is 3.24 bits per heavy atom. The zero-order chi connectivity index (χ0) is 14.7. The molecular weight excluding hydrogens is 288 g/mol. The van der Waals surface area contributed by atoms with Gasteiger partial charge in [-0.05, 0) is 31.4 Å². The molecule has 2 aromatic heterocycles. The maximum Gasteiger partial charge on any atom is 0.344 e. The molecular formula is C14H18N4O2S. The zero-order valence-corrected chi connectivity index (χ0v) is 12.7. The molecule has 3 heterocycles. The van der Waals surface area contributed by atoms with E-state index in [1.807, 2.05) is 19.1 Å². The highest BCUT2D eigenvalue weighted by atomic mass is 32.2. The minimum atomic E-state index is -0.175. The summed E-state index contributed by atoms with van der Waals surface area (Å²) in [6.07, 6.45) is 3.97. The van der Waals surface area contributed by atoms with Crippen LogP contribution in [-0.4, -0.2) is 32.5 Å². The largest absolute Gasteiger partial charge is 0.376 e. The molecule has 3 rings (SSSR count). The maximum atomic E-state index is 11.9. The van der Waals surface area contributed by atoms with Gasteiger partial charge in [0.15, 0.2) is 5.16 Å². The number of aromatic amines is 1. The molecule has 1 N–H and O–H groups in total. The molecule has 21 heavy (non-hydrogen) atoms. The second kappa shape index (κ2) is 6.44. The number of hydrogen-bond donors (Lipinski definition) is 1. The molecule has 0 bridgehead atoms. The number of hydrogen-bond acceptors (Lipinski definition) is 5. The number of pyridine rings is 1. The monoisotopic (exact) mass is 306 g/mol. The van der Waals surface area contributed by atoms with Crippen molar-refractivity contribution >= 4 is 11.8 Å². The van der Waals surface area contributed by atoms with Crippen molar-refractivity contribution in [1.82, 2.24) is 19.7 Å². The van der Waals surface area contributed by atoms with Gasteiger partial charge in [-0.1, -0.05) is 17.8 Å². The summed E-state index contributed by atoms with van der Waals surface area (Å²) < 4.78 is 7.26. The molecule has 0 aliphatic carbocycles. The molecule has 1 atom stereocenters. The van der Waals surface area contributed by atoms with Crippen molar-refractivity contribution in [2.24, 2.45) is 0 Å². The zero-order valence-electron chi connectivity index (χ0n) is 11.9. The summed E-state index contributed by atoms with van der Waals surface area (Å²) >= 11 is 1.52. The molecule has 0 amide bonds. The van der Waals surface area contributed by atoms with E-state index in [1.165, 1.54) is 11.8 Å². The smallest absolute Gasteiger partial charge is 0.344 e. The molecule has 1 aliphatic rings. The van der Waals surface area contributed by atoms with Gasteiger partial charge in [0.2, 0.25) is 0 Å². The standard InChI is InChI=1S/C14H18N4O2S/c1-10-4-2-6-15-12(10)9-21-14-17-16-13(19)18(14)8-11-5-3-7-20-11/h2,4,6,11H,3,5,7-9H2,1H3,(H,16,19)/t11-/m0/s1. The first-order valence-corrected chi connectivity index (χ1v) is 8.02. The van der Waals surface area contributed by atoms with E-state index in [-0.39, 0.29) is 11.8 Å². The van der Waals surface area contributed by atoms with Crippen molar-refractivity contribution < 1.29 is 4.74 Å². The first-order valence-electron chi connectivity index (χ1n) is 7.04. The van der Waals surface area contributed by atoms with Crippen molar-refractivity contribution in [2.75, 3.05) is 6.61 Å². The number of thioether (sulfide) groups is 1. The van der Waals surface area contributed by atoms with Crippen molar-refractivity contribution in [2.45, 2.75) is 43.3 Å². The van der Waals surface area contributed by atoms with Crippen molar-refractivity contribution in [3.63, 3.8) is 0 Å². The lowest BCUT2D eigenvalue weighted by molar-refractivity contribution is 0.0941. The molecule has 0 saturated carbocycles. The fraction of sp³-hybridized carbons (Fsp3) is 0.500. The maximum absolute atomic E-state index is 11.9. The van der Waals surface area contributed by atoms with Gasteiger partial charge in [0.05, 0.1) is 18.3 Å². The Bertz CT molecular complexity index is 661. The lowest BCUT2D eigenvalue weighted by Gasteiger charge is -2.11. The third kappa shape index (κ3) is 3.36. The summed E-state index contributed by atoms with van der Waals surface area (Å²) in [7, 11) is 0. The van der Waals surface area contributed by atoms with Gasteiger partial charge < -0.3 is 4.74 Å². The van der Waals surface area contributed by atoms with Gasteiger partial charge >= 0.3 is 5.69 Å². The van der Waals surface area contributed by atoms with Gasteiger partial charge in [0, 0.05) is 18.6 Å². The quantitative estimate of drug-likeness (QED) is 0.852. The molecule has 1 saturated heterocycles. The average Bonchev–Trinajstić information content (AvgIpc) is 3.11. The van der Waals surface area contributed by atoms with Gasteiger partial charge in [-0.2, -0.15) is 0 Å². The number of aryl methyl sites for hydroxylation is 1. The van der Waals surface area contributed by atoms with Crippen LogP contribution in [0.25, 0.3) is 0 Å². The van der Waals surface area contributed by atoms with Crippen LogP contribution >= 0.6 is 11.8 Å². The van der Waals surface area contributed by atoms with Gasteiger partial charge in [-0.15, -0.1) is 5.10 Å². The fourth-order valence-corrected chi connectivity index (χ4v) is 3.36. The Morgan fingerprint density at radius 2 is 2.48 bits per heavy atom. The average molecular weight is 306 g/mol. The summed E-state index contributed by atoms with van der Waals surface area (Å²) in [5, 5.41) is 7.33. The highest BCUT2D eigenvalue weighted by Gasteiger charge is 2.19. The third-order valence-electron chi connectivity index (χ3n) is 3.59. The molecule has 6 nitrogen and oxygen atoms in total. The SMILES string of the molecule is Cc1cccnc1CSc1n[nH]c(=O)n1C[C@@H]1CCCO1.